The van der Waals surface area contributed by atoms with Crippen molar-refractivity contribution in [3.05, 3.63) is 64.7 Å². The second-order valence-corrected chi connectivity index (χ2v) is 6.48. The molecule has 1 aliphatic rings. The van der Waals surface area contributed by atoms with Crippen molar-refractivity contribution < 1.29 is 9.42 Å². The maximum Gasteiger partial charge on any atom is 0.256 e. The molecular weight excluding hydrogens is 314 g/mol. The molecule has 3 aromatic rings. The number of anilines is 1. The van der Waals surface area contributed by atoms with Crippen LogP contribution in [-0.4, -0.2) is 16.2 Å². The van der Waals surface area contributed by atoms with E-state index in [0.717, 1.165) is 24.0 Å². The first-order chi connectivity index (χ1) is 12.2. The number of aryl methyl sites for hydroxylation is 3. The van der Waals surface area contributed by atoms with Crippen LogP contribution in [0.25, 0.3) is 11.3 Å². The summed E-state index contributed by atoms with van der Waals surface area (Å²) in [6.45, 7) is 1.95. The number of hydrogen-bond donors (Lipinski definition) is 1. The van der Waals surface area contributed by atoms with E-state index >= 15 is 0 Å². The molecule has 0 atom stereocenters. The number of benzene rings is 2. The van der Waals surface area contributed by atoms with Crippen LogP contribution in [0.15, 0.2) is 47.1 Å². The monoisotopic (exact) mass is 333 g/mol. The molecule has 1 N–H and O–H groups in total. The molecular formula is C20H19N3O2. The number of amides is 1. The van der Waals surface area contributed by atoms with Crippen molar-refractivity contribution in [1.82, 2.24) is 10.3 Å². The maximum absolute atomic E-state index is 12.5. The summed E-state index contributed by atoms with van der Waals surface area (Å²) in [6, 6.07) is 13.7. The molecule has 126 valence electrons. The predicted molar refractivity (Wildman–Crippen MR) is 95.5 cm³/mol. The second kappa shape index (κ2) is 6.51. The molecule has 1 heterocycles. The molecule has 5 heteroatoms. The van der Waals surface area contributed by atoms with E-state index < -0.39 is 0 Å². The third-order valence-corrected chi connectivity index (χ3v) is 4.62. The number of hydrogen-bond acceptors (Lipinski definition) is 4. The van der Waals surface area contributed by atoms with Crippen LogP contribution in [0.3, 0.4) is 0 Å². The maximum atomic E-state index is 12.5. The molecule has 5 nitrogen and oxygen atoms in total. The van der Waals surface area contributed by atoms with Crippen LogP contribution in [0, 0.1) is 6.92 Å². The Balaban J connectivity index is 1.61. The van der Waals surface area contributed by atoms with Gasteiger partial charge < -0.3 is 5.32 Å². The average molecular weight is 333 g/mol. The van der Waals surface area contributed by atoms with Crippen molar-refractivity contribution in [3.63, 3.8) is 0 Å². The lowest BCUT2D eigenvalue weighted by Crippen LogP contribution is -2.13. The summed E-state index contributed by atoms with van der Waals surface area (Å²) in [5.41, 5.74) is 5.84. The molecule has 0 saturated carbocycles. The smallest absolute Gasteiger partial charge is 0.256 e. The molecule has 1 aliphatic carbocycles. The van der Waals surface area contributed by atoms with Gasteiger partial charge >= 0.3 is 0 Å². The Morgan fingerprint density at radius 1 is 1.04 bits per heavy atom. The largest absolute Gasteiger partial charge is 0.302 e. The van der Waals surface area contributed by atoms with Crippen LogP contribution >= 0.6 is 0 Å². The number of nitrogens with zero attached hydrogens (tertiary/aromatic N) is 2. The molecule has 0 spiro atoms. The summed E-state index contributed by atoms with van der Waals surface area (Å²) in [7, 11) is 0. The number of nitrogens with one attached hydrogen (secondary N) is 1. The van der Waals surface area contributed by atoms with Crippen molar-refractivity contribution in [3.8, 4) is 11.3 Å². The predicted octanol–water partition coefficient (Wildman–Crippen LogP) is 4.18. The first-order valence-corrected chi connectivity index (χ1v) is 8.53. The topological polar surface area (TPSA) is 68.0 Å². The van der Waals surface area contributed by atoms with Crippen molar-refractivity contribution in [1.29, 1.82) is 0 Å². The Bertz CT molecular complexity index is 930. The fourth-order valence-electron chi connectivity index (χ4n) is 3.31. The number of aromatic nitrogens is 2. The minimum atomic E-state index is -0.224. The summed E-state index contributed by atoms with van der Waals surface area (Å²) in [5.74, 6) is 0.126. The van der Waals surface area contributed by atoms with Crippen LogP contribution in [0.5, 0.6) is 0 Å². The summed E-state index contributed by atoms with van der Waals surface area (Å²) in [4.78, 5) is 12.5. The van der Waals surface area contributed by atoms with E-state index in [4.69, 9.17) is 4.63 Å². The van der Waals surface area contributed by atoms with Crippen LogP contribution in [0.1, 0.15) is 39.9 Å². The number of carbonyl (C=O) groups is 1. The Hall–Kier alpha value is -2.95. The minimum absolute atomic E-state index is 0.224. The molecule has 0 aliphatic heterocycles. The summed E-state index contributed by atoms with van der Waals surface area (Å²) in [5, 5.41) is 10.7. The van der Waals surface area contributed by atoms with Gasteiger partial charge in [-0.25, -0.2) is 4.63 Å². The molecule has 0 radical (unpaired) electrons. The van der Waals surface area contributed by atoms with Gasteiger partial charge in [0.1, 0.15) is 0 Å². The molecule has 4 rings (SSSR count). The highest BCUT2D eigenvalue weighted by Crippen LogP contribution is 2.30. The van der Waals surface area contributed by atoms with Crippen molar-refractivity contribution in [2.75, 3.05) is 5.32 Å². The molecule has 0 fully saturated rings. The molecule has 1 aromatic heterocycles. The number of carbonyl (C=O) groups excluding carboxylic acids is 1. The molecule has 0 saturated heterocycles. The van der Waals surface area contributed by atoms with Gasteiger partial charge in [-0.15, -0.1) is 0 Å². The van der Waals surface area contributed by atoms with E-state index in [2.05, 4.69) is 27.8 Å². The summed E-state index contributed by atoms with van der Waals surface area (Å²) >= 11 is 0. The van der Waals surface area contributed by atoms with E-state index in [1.807, 2.05) is 31.2 Å². The molecule has 1 amide bonds. The van der Waals surface area contributed by atoms with E-state index in [1.54, 1.807) is 6.07 Å². The minimum Gasteiger partial charge on any atom is -0.302 e. The van der Waals surface area contributed by atoms with Gasteiger partial charge in [-0.1, -0.05) is 29.8 Å². The Morgan fingerprint density at radius 3 is 2.72 bits per heavy atom. The highest BCUT2D eigenvalue weighted by molar-refractivity contribution is 6.05. The average Bonchev–Trinajstić information content (AvgIpc) is 3.09. The van der Waals surface area contributed by atoms with Gasteiger partial charge in [0.2, 0.25) is 5.82 Å². The molecule has 25 heavy (non-hydrogen) atoms. The van der Waals surface area contributed by atoms with Crippen LogP contribution < -0.4 is 5.32 Å². The van der Waals surface area contributed by atoms with Crippen molar-refractivity contribution in [2.24, 2.45) is 0 Å². The van der Waals surface area contributed by atoms with Gasteiger partial charge in [-0.05, 0) is 72.2 Å². The van der Waals surface area contributed by atoms with E-state index in [9.17, 15) is 4.79 Å². The molecule has 0 bridgehead atoms. The van der Waals surface area contributed by atoms with Crippen molar-refractivity contribution in [2.45, 2.75) is 32.6 Å². The third kappa shape index (κ3) is 3.18. The zero-order valence-corrected chi connectivity index (χ0v) is 14.1. The van der Waals surface area contributed by atoms with Gasteiger partial charge in [0.25, 0.3) is 5.91 Å². The highest BCUT2D eigenvalue weighted by atomic mass is 16.6. The standard InChI is InChI=1S/C20H19N3O2/c1-13-5-4-8-17(11-13)20(24)21-19-18(22-25-23-19)16-10-9-14-6-2-3-7-15(14)12-16/h4-5,8-12H,2-3,6-7H2,1H3,(H,21,23,24). The Kier molecular flexibility index (Phi) is 4.06. The highest BCUT2D eigenvalue weighted by Gasteiger charge is 2.18. The van der Waals surface area contributed by atoms with Gasteiger partial charge in [0.15, 0.2) is 5.69 Å². The second-order valence-electron chi connectivity index (χ2n) is 6.48. The number of rotatable bonds is 3. The summed E-state index contributed by atoms with van der Waals surface area (Å²) in [6.07, 6.45) is 4.67. The third-order valence-electron chi connectivity index (χ3n) is 4.62. The zero-order valence-electron chi connectivity index (χ0n) is 14.1. The SMILES string of the molecule is Cc1cccc(C(=O)Nc2nonc2-c2ccc3c(c2)CCCC3)c1. The fraction of sp³-hybridized carbons (Fsp3) is 0.250. The quantitative estimate of drug-likeness (QED) is 0.781. The van der Waals surface area contributed by atoms with E-state index in [0.29, 0.717) is 17.1 Å². The van der Waals surface area contributed by atoms with E-state index in [-0.39, 0.29) is 5.91 Å². The van der Waals surface area contributed by atoms with Gasteiger partial charge in [0, 0.05) is 11.1 Å². The lowest BCUT2D eigenvalue weighted by molar-refractivity contribution is 0.102. The van der Waals surface area contributed by atoms with Crippen LogP contribution in [-0.2, 0) is 12.8 Å². The van der Waals surface area contributed by atoms with Gasteiger partial charge in [-0.2, -0.15) is 0 Å². The normalized spacial score (nSPS) is 13.3. The zero-order chi connectivity index (χ0) is 17.2. The van der Waals surface area contributed by atoms with Crippen LogP contribution in [0.2, 0.25) is 0 Å². The Labute approximate surface area is 146 Å². The first-order valence-electron chi connectivity index (χ1n) is 8.53. The molecule has 2 aromatic carbocycles. The number of fused-ring (bicyclic) bond motifs is 1. The fourth-order valence-corrected chi connectivity index (χ4v) is 3.31. The lowest BCUT2D eigenvalue weighted by Gasteiger charge is -2.16. The van der Waals surface area contributed by atoms with Crippen LogP contribution in [0.4, 0.5) is 5.82 Å². The first kappa shape index (κ1) is 15.6. The van der Waals surface area contributed by atoms with E-state index in [1.165, 1.54) is 24.0 Å². The lowest BCUT2D eigenvalue weighted by atomic mass is 9.90. The van der Waals surface area contributed by atoms with Gasteiger partial charge in [-0.3, -0.25) is 4.79 Å². The van der Waals surface area contributed by atoms with Gasteiger partial charge in [0.05, 0.1) is 0 Å². The molecule has 0 unspecified atom stereocenters. The van der Waals surface area contributed by atoms with Crippen molar-refractivity contribution >= 4 is 11.7 Å². The summed E-state index contributed by atoms with van der Waals surface area (Å²) < 4.78 is 4.89. The Morgan fingerprint density at radius 2 is 1.88 bits per heavy atom.